The lowest BCUT2D eigenvalue weighted by molar-refractivity contribution is 0.0607. The Morgan fingerprint density at radius 1 is 1.33 bits per heavy atom. The van der Waals surface area contributed by atoms with E-state index in [1.54, 1.807) is 23.6 Å². The van der Waals surface area contributed by atoms with Crippen molar-refractivity contribution in [3.8, 4) is 11.1 Å². The van der Waals surface area contributed by atoms with Crippen LogP contribution in [0.1, 0.15) is 9.67 Å². The van der Waals surface area contributed by atoms with Crippen molar-refractivity contribution in [1.82, 2.24) is 0 Å². The smallest absolute Gasteiger partial charge is 0.350 e. The number of hydrogen-bond acceptors (Lipinski definition) is 4. The predicted octanol–water partition coefficient (Wildman–Crippen LogP) is 4.09. The van der Waals surface area contributed by atoms with Gasteiger partial charge in [0.05, 0.1) is 22.8 Å². The number of carbonyl (C=O) groups excluding carboxylic acids is 1. The third-order valence-corrected chi connectivity index (χ3v) is 4.15. The Kier molecular flexibility index (Phi) is 3.80. The molecule has 0 amide bonds. The lowest BCUT2D eigenvalue weighted by Gasteiger charge is -2.03. The van der Waals surface area contributed by atoms with Gasteiger partial charge >= 0.3 is 5.97 Å². The van der Waals surface area contributed by atoms with Crippen LogP contribution in [-0.2, 0) is 4.74 Å². The zero-order valence-electron chi connectivity index (χ0n) is 9.37. The van der Waals surface area contributed by atoms with Gasteiger partial charge in [-0.2, -0.15) is 0 Å². The Labute approximate surface area is 118 Å². The zero-order chi connectivity index (χ0) is 13.3. The molecule has 2 rings (SSSR count). The van der Waals surface area contributed by atoms with Gasteiger partial charge in [-0.3, -0.25) is 0 Å². The third-order valence-electron chi connectivity index (χ3n) is 2.43. The van der Waals surface area contributed by atoms with Crippen molar-refractivity contribution in [2.75, 3.05) is 12.8 Å². The molecule has 1 aromatic heterocycles. The molecule has 94 valence electrons. The summed E-state index contributed by atoms with van der Waals surface area (Å²) >= 11 is 13.0. The monoisotopic (exact) mass is 301 g/mol. The molecule has 18 heavy (non-hydrogen) atoms. The fourth-order valence-corrected chi connectivity index (χ4v) is 2.72. The first-order valence-corrected chi connectivity index (χ1v) is 6.59. The number of anilines is 1. The molecule has 0 radical (unpaired) electrons. The van der Waals surface area contributed by atoms with Crippen LogP contribution in [0.2, 0.25) is 10.0 Å². The summed E-state index contributed by atoms with van der Waals surface area (Å²) in [6.45, 7) is 0. The van der Waals surface area contributed by atoms with Gasteiger partial charge in [-0.05, 0) is 17.7 Å². The van der Waals surface area contributed by atoms with Gasteiger partial charge < -0.3 is 10.5 Å². The molecule has 0 aliphatic heterocycles. The van der Waals surface area contributed by atoms with Gasteiger partial charge in [0.25, 0.3) is 0 Å². The van der Waals surface area contributed by atoms with Gasteiger partial charge in [0.1, 0.15) is 4.88 Å². The fourth-order valence-electron chi connectivity index (χ4n) is 1.51. The van der Waals surface area contributed by atoms with Gasteiger partial charge in [0.2, 0.25) is 0 Å². The van der Waals surface area contributed by atoms with Gasteiger partial charge in [0, 0.05) is 10.9 Å². The van der Waals surface area contributed by atoms with Crippen molar-refractivity contribution < 1.29 is 9.53 Å². The second-order valence-corrected chi connectivity index (χ2v) is 5.21. The Morgan fingerprint density at radius 2 is 2.06 bits per heavy atom. The van der Waals surface area contributed by atoms with E-state index in [0.717, 1.165) is 11.1 Å². The maximum Gasteiger partial charge on any atom is 0.350 e. The van der Waals surface area contributed by atoms with Crippen molar-refractivity contribution in [3.63, 3.8) is 0 Å². The number of methoxy groups -OCH3 is 1. The van der Waals surface area contributed by atoms with Crippen LogP contribution >= 0.6 is 34.5 Å². The molecule has 0 atom stereocenters. The third kappa shape index (κ3) is 2.32. The number of nitrogen functional groups attached to an aromatic ring is 1. The highest BCUT2D eigenvalue weighted by Gasteiger charge is 2.17. The van der Waals surface area contributed by atoms with Crippen LogP contribution < -0.4 is 5.73 Å². The van der Waals surface area contributed by atoms with Crippen LogP contribution in [0.25, 0.3) is 11.1 Å². The van der Waals surface area contributed by atoms with Crippen molar-refractivity contribution in [2.45, 2.75) is 0 Å². The average molecular weight is 302 g/mol. The molecule has 3 nitrogen and oxygen atoms in total. The second-order valence-electron chi connectivity index (χ2n) is 3.51. The molecule has 0 saturated heterocycles. The lowest BCUT2D eigenvalue weighted by atomic mass is 10.1. The second kappa shape index (κ2) is 5.18. The van der Waals surface area contributed by atoms with E-state index in [0.29, 0.717) is 20.6 Å². The summed E-state index contributed by atoms with van der Waals surface area (Å²) in [6.07, 6.45) is 0. The summed E-state index contributed by atoms with van der Waals surface area (Å²) in [4.78, 5) is 11.8. The molecule has 2 aromatic rings. The maximum atomic E-state index is 11.5. The van der Waals surface area contributed by atoms with E-state index in [1.807, 2.05) is 0 Å². The summed E-state index contributed by atoms with van der Waals surface area (Å²) in [6, 6.07) is 5.20. The molecule has 2 N–H and O–H groups in total. The number of thiophene rings is 1. The number of ether oxygens (including phenoxy) is 1. The molecule has 1 heterocycles. The Balaban J connectivity index is 2.48. The van der Waals surface area contributed by atoms with E-state index in [9.17, 15) is 4.79 Å². The summed E-state index contributed by atoms with van der Waals surface area (Å²) in [5.41, 5.74) is 7.89. The molecule has 1 aromatic carbocycles. The summed E-state index contributed by atoms with van der Waals surface area (Å²) in [7, 11) is 1.32. The van der Waals surface area contributed by atoms with E-state index in [-0.39, 0.29) is 0 Å². The number of benzene rings is 1. The zero-order valence-corrected chi connectivity index (χ0v) is 11.7. The molecular formula is C12H9Cl2NO2S. The SMILES string of the molecule is COC(=O)c1scc(-c2ccc(Cl)c(Cl)c2)c1N. The number of halogens is 2. The summed E-state index contributed by atoms with van der Waals surface area (Å²) in [5.74, 6) is -0.441. The highest BCUT2D eigenvalue weighted by molar-refractivity contribution is 7.13. The predicted molar refractivity (Wildman–Crippen MR) is 75.5 cm³/mol. The number of hydrogen-bond donors (Lipinski definition) is 1. The van der Waals surface area contributed by atoms with Crippen LogP contribution in [0.3, 0.4) is 0 Å². The summed E-state index contributed by atoms with van der Waals surface area (Å²) < 4.78 is 4.65. The Hall–Kier alpha value is -1.23. The minimum absolute atomic E-state index is 0.388. The van der Waals surface area contributed by atoms with Gasteiger partial charge in [0.15, 0.2) is 0 Å². The first-order chi connectivity index (χ1) is 8.54. The van der Waals surface area contributed by atoms with Gasteiger partial charge in [-0.15, -0.1) is 11.3 Å². The van der Waals surface area contributed by atoms with Crippen LogP contribution in [0.15, 0.2) is 23.6 Å². The van der Waals surface area contributed by atoms with E-state index in [2.05, 4.69) is 4.74 Å². The molecule has 0 aliphatic carbocycles. The van der Waals surface area contributed by atoms with Gasteiger partial charge in [-0.25, -0.2) is 4.79 Å². The quantitative estimate of drug-likeness (QED) is 0.850. The maximum absolute atomic E-state index is 11.5. The van der Waals surface area contributed by atoms with Crippen LogP contribution in [0, 0.1) is 0 Å². The molecule has 0 fully saturated rings. The molecule has 0 aliphatic rings. The average Bonchev–Trinajstić information content (AvgIpc) is 2.74. The largest absolute Gasteiger partial charge is 0.465 e. The Morgan fingerprint density at radius 3 is 2.67 bits per heavy atom. The van der Waals surface area contributed by atoms with Gasteiger partial charge in [-0.1, -0.05) is 29.3 Å². The van der Waals surface area contributed by atoms with E-state index >= 15 is 0 Å². The molecule has 6 heteroatoms. The molecule has 0 saturated carbocycles. The summed E-state index contributed by atoms with van der Waals surface area (Å²) in [5, 5.41) is 2.71. The number of nitrogens with two attached hydrogens (primary N) is 1. The molecule has 0 unspecified atom stereocenters. The van der Waals surface area contributed by atoms with Crippen LogP contribution in [-0.4, -0.2) is 13.1 Å². The van der Waals surface area contributed by atoms with Crippen molar-refractivity contribution in [1.29, 1.82) is 0 Å². The van der Waals surface area contributed by atoms with Crippen LogP contribution in [0.4, 0.5) is 5.69 Å². The lowest BCUT2D eigenvalue weighted by Crippen LogP contribution is -2.02. The minimum Gasteiger partial charge on any atom is -0.465 e. The Bertz CT molecular complexity index is 610. The number of carbonyl (C=O) groups is 1. The van der Waals surface area contributed by atoms with E-state index in [4.69, 9.17) is 28.9 Å². The molecular weight excluding hydrogens is 293 g/mol. The topological polar surface area (TPSA) is 52.3 Å². The minimum atomic E-state index is -0.441. The fraction of sp³-hybridized carbons (Fsp3) is 0.0833. The van der Waals surface area contributed by atoms with E-state index < -0.39 is 5.97 Å². The molecule has 0 bridgehead atoms. The standard InChI is InChI=1S/C12H9Cl2NO2S/c1-17-12(16)11-10(15)7(5-18-11)6-2-3-8(13)9(14)4-6/h2-5H,15H2,1H3. The highest BCUT2D eigenvalue weighted by Crippen LogP contribution is 2.36. The number of esters is 1. The highest BCUT2D eigenvalue weighted by atomic mass is 35.5. The van der Waals surface area contributed by atoms with Crippen molar-refractivity contribution >= 4 is 46.2 Å². The van der Waals surface area contributed by atoms with Crippen LogP contribution in [0.5, 0.6) is 0 Å². The van der Waals surface area contributed by atoms with Crippen molar-refractivity contribution in [3.05, 3.63) is 38.5 Å². The normalized spacial score (nSPS) is 10.4. The molecule has 0 spiro atoms. The van der Waals surface area contributed by atoms with Crippen molar-refractivity contribution in [2.24, 2.45) is 0 Å². The number of rotatable bonds is 2. The first kappa shape index (κ1) is 13.2. The van der Waals surface area contributed by atoms with E-state index in [1.165, 1.54) is 18.4 Å². The first-order valence-electron chi connectivity index (χ1n) is 4.95.